The van der Waals surface area contributed by atoms with Crippen molar-refractivity contribution in [3.05, 3.63) is 0 Å². The van der Waals surface area contributed by atoms with Crippen LogP contribution in [0.4, 0.5) is 0 Å². The average molecular weight is 184 g/mol. The van der Waals surface area contributed by atoms with Gasteiger partial charge in [-0.1, -0.05) is 6.42 Å². The average Bonchev–Trinajstić information content (AvgIpc) is 2.30. The highest BCUT2D eigenvalue weighted by atomic mass is 16.2. The molecule has 2 amide bonds. The molecule has 2 N–H and O–H groups in total. The Balaban J connectivity index is 2.53. The summed E-state index contributed by atoms with van der Waals surface area (Å²) in [6.07, 6.45) is 3.67. The summed E-state index contributed by atoms with van der Waals surface area (Å²) in [5.74, 6) is -0.148. The molecule has 1 fully saturated rings. The molecule has 74 valence electrons. The number of amides is 2. The molecule has 0 aliphatic carbocycles. The van der Waals surface area contributed by atoms with E-state index >= 15 is 0 Å². The second-order valence-electron chi connectivity index (χ2n) is 3.29. The third kappa shape index (κ3) is 2.81. The van der Waals surface area contributed by atoms with E-state index in [9.17, 15) is 9.59 Å². The lowest BCUT2D eigenvalue weighted by Crippen LogP contribution is -2.37. The standard InChI is InChI=1S/C9H16N2O2/c10-6-5-9(13)11-7-3-1-2-4-8(11)12/h1-7,10H2. The maximum atomic E-state index is 11.4. The Kier molecular flexibility index (Phi) is 3.89. The van der Waals surface area contributed by atoms with Gasteiger partial charge in [0.1, 0.15) is 0 Å². The van der Waals surface area contributed by atoms with E-state index in [-0.39, 0.29) is 18.2 Å². The fraction of sp³-hybridized carbons (Fsp3) is 0.778. The number of nitrogens with two attached hydrogens (primary N) is 1. The molecule has 0 aromatic carbocycles. The Morgan fingerprint density at radius 3 is 2.85 bits per heavy atom. The lowest BCUT2D eigenvalue weighted by molar-refractivity contribution is -0.144. The molecule has 0 bridgehead atoms. The highest BCUT2D eigenvalue weighted by Crippen LogP contribution is 2.11. The van der Waals surface area contributed by atoms with Gasteiger partial charge in [0.2, 0.25) is 11.8 Å². The van der Waals surface area contributed by atoms with Crippen molar-refractivity contribution in [1.82, 2.24) is 4.90 Å². The SMILES string of the molecule is NCCC(=O)N1CCCCCC1=O. The first-order valence-electron chi connectivity index (χ1n) is 4.79. The summed E-state index contributed by atoms with van der Waals surface area (Å²) < 4.78 is 0. The van der Waals surface area contributed by atoms with Gasteiger partial charge in [-0.2, -0.15) is 0 Å². The number of rotatable bonds is 2. The summed E-state index contributed by atoms with van der Waals surface area (Å²) in [5, 5.41) is 0. The van der Waals surface area contributed by atoms with Gasteiger partial charge in [0.05, 0.1) is 0 Å². The van der Waals surface area contributed by atoms with E-state index in [1.165, 1.54) is 4.90 Å². The van der Waals surface area contributed by atoms with Gasteiger partial charge in [0.15, 0.2) is 0 Å². The molecule has 0 unspecified atom stereocenters. The zero-order chi connectivity index (χ0) is 9.68. The Morgan fingerprint density at radius 2 is 2.15 bits per heavy atom. The van der Waals surface area contributed by atoms with Crippen LogP contribution in [0.3, 0.4) is 0 Å². The van der Waals surface area contributed by atoms with E-state index in [0.29, 0.717) is 19.5 Å². The van der Waals surface area contributed by atoms with E-state index in [2.05, 4.69) is 0 Å². The lowest BCUT2D eigenvalue weighted by Gasteiger charge is -2.17. The van der Waals surface area contributed by atoms with E-state index < -0.39 is 0 Å². The molecule has 1 aliphatic heterocycles. The zero-order valence-electron chi connectivity index (χ0n) is 7.79. The molecular formula is C9H16N2O2. The van der Waals surface area contributed by atoms with Gasteiger partial charge in [0, 0.05) is 25.9 Å². The van der Waals surface area contributed by atoms with E-state index in [0.717, 1.165) is 19.3 Å². The number of nitrogens with zero attached hydrogens (tertiary/aromatic N) is 1. The topological polar surface area (TPSA) is 63.4 Å². The minimum Gasteiger partial charge on any atom is -0.330 e. The van der Waals surface area contributed by atoms with Crippen LogP contribution in [0.15, 0.2) is 0 Å². The second-order valence-corrected chi connectivity index (χ2v) is 3.29. The van der Waals surface area contributed by atoms with Crippen molar-refractivity contribution in [3.8, 4) is 0 Å². The molecule has 1 aliphatic rings. The van der Waals surface area contributed by atoms with Crippen LogP contribution in [0.2, 0.25) is 0 Å². The first kappa shape index (κ1) is 10.2. The van der Waals surface area contributed by atoms with Gasteiger partial charge >= 0.3 is 0 Å². The molecular weight excluding hydrogens is 168 g/mol. The van der Waals surface area contributed by atoms with Crippen molar-refractivity contribution >= 4 is 11.8 Å². The van der Waals surface area contributed by atoms with Gasteiger partial charge in [-0.3, -0.25) is 14.5 Å². The fourth-order valence-corrected chi connectivity index (χ4v) is 1.50. The summed E-state index contributed by atoms with van der Waals surface area (Å²) in [6.45, 7) is 0.903. The molecule has 4 nitrogen and oxygen atoms in total. The van der Waals surface area contributed by atoms with Crippen molar-refractivity contribution in [2.45, 2.75) is 32.1 Å². The maximum Gasteiger partial charge on any atom is 0.230 e. The number of imide groups is 1. The maximum absolute atomic E-state index is 11.4. The first-order valence-corrected chi connectivity index (χ1v) is 4.79. The van der Waals surface area contributed by atoms with Gasteiger partial charge in [-0.25, -0.2) is 0 Å². The summed E-state index contributed by atoms with van der Waals surface area (Å²) in [4.78, 5) is 24.1. The molecule has 0 atom stereocenters. The Morgan fingerprint density at radius 1 is 1.38 bits per heavy atom. The van der Waals surface area contributed by atoms with Crippen molar-refractivity contribution in [3.63, 3.8) is 0 Å². The molecule has 1 saturated heterocycles. The van der Waals surface area contributed by atoms with Gasteiger partial charge in [-0.05, 0) is 12.8 Å². The molecule has 1 heterocycles. The van der Waals surface area contributed by atoms with Gasteiger partial charge in [0.25, 0.3) is 0 Å². The number of carbonyl (C=O) groups excluding carboxylic acids is 2. The number of carbonyl (C=O) groups is 2. The summed E-state index contributed by atoms with van der Waals surface area (Å²) >= 11 is 0. The molecule has 0 aromatic heterocycles. The fourth-order valence-electron chi connectivity index (χ4n) is 1.50. The van der Waals surface area contributed by atoms with Crippen molar-refractivity contribution in [1.29, 1.82) is 0 Å². The Bertz CT molecular complexity index is 204. The largest absolute Gasteiger partial charge is 0.330 e. The Hall–Kier alpha value is -0.900. The van der Waals surface area contributed by atoms with Crippen LogP contribution >= 0.6 is 0 Å². The summed E-state index contributed by atoms with van der Waals surface area (Å²) in [6, 6.07) is 0. The number of hydrogen-bond acceptors (Lipinski definition) is 3. The molecule has 4 heteroatoms. The van der Waals surface area contributed by atoms with E-state index in [1.807, 2.05) is 0 Å². The third-order valence-electron chi connectivity index (χ3n) is 2.23. The molecule has 0 saturated carbocycles. The summed E-state index contributed by atoms with van der Waals surface area (Å²) in [5.41, 5.74) is 5.26. The summed E-state index contributed by atoms with van der Waals surface area (Å²) in [7, 11) is 0. The number of hydrogen-bond donors (Lipinski definition) is 1. The predicted octanol–water partition coefficient (Wildman–Crippen LogP) is 0.264. The highest BCUT2D eigenvalue weighted by Gasteiger charge is 2.21. The Labute approximate surface area is 78.1 Å². The smallest absolute Gasteiger partial charge is 0.230 e. The van der Waals surface area contributed by atoms with E-state index in [1.54, 1.807) is 0 Å². The predicted molar refractivity (Wildman–Crippen MR) is 48.9 cm³/mol. The minimum atomic E-state index is -0.116. The lowest BCUT2D eigenvalue weighted by atomic mass is 10.2. The quantitative estimate of drug-likeness (QED) is 0.669. The van der Waals surface area contributed by atoms with Crippen LogP contribution in [0.25, 0.3) is 0 Å². The van der Waals surface area contributed by atoms with Crippen molar-refractivity contribution in [2.75, 3.05) is 13.1 Å². The van der Waals surface area contributed by atoms with Crippen molar-refractivity contribution in [2.24, 2.45) is 5.73 Å². The van der Waals surface area contributed by atoms with Crippen LogP contribution < -0.4 is 5.73 Å². The van der Waals surface area contributed by atoms with Crippen molar-refractivity contribution < 1.29 is 9.59 Å². The first-order chi connectivity index (χ1) is 6.25. The van der Waals surface area contributed by atoms with Crippen LogP contribution in [-0.4, -0.2) is 29.8 Å². The van der Waals surface area contributed by atoms with Crippen LogP contribution in [0.5, 0.6) is 0 Å². The highest BCUT2D eigenvalue weighted by molar-refractivity contribution is 5.95. The molecule has 13 heavy (non-hydrogen) atoms. The van der Waals surface area contributed by atoms with Gasteiger partial charge in [-0.15, -0.1) is 0 Å². The van der Waals surface area contributed by atoms with Crippen LogP contribution in [0.1, 0.15) is 32.1 Å². The van der Waals surface area contributed by atoms with Crippen LogP contribution in [0, 0.1) is 0 Å². The third-order valence-corrected chi connectivity index (χ3v) is 2.23. The molecule has 0 aromatic rings. The second kappa shape index (κ2) is 4.97. The zero-order valence-corrected chi connectivity index (χ0v) is 7.79. The van der Waals surface area contributed by atoms with E-state index in [4.69, 9.17) is 5.73 Å². The molecule has 0 radical (unpaired) electrons. The molecule has 0 spiro atoms. The van der Waals surface area contributed by atoms with Crippen LogP contribution in [-0.2, 0) is 9.59 Å². The monoisotopic (exact) mass is 184 g/mol. The van der Waals surface area contributed by atoms with Gasteiger partial charge < -0.3 is 5.73 Å². The normalized spacial score (nSPS) is 18.5. The molecule has 1 rings (SSSR count). The minimum absolute atomic E-state index is 0.0315. The number of likely N-dealkylation sites (tertiary alicyclic amines) is 1.